The summed E-state index contributed by atoms with van der Waals surface area (Å²) in [5, 5.41) is 9.96. The lowest BCUT2D eigenvalue weighted by Crippen LogP contribution is -2.10. The Morgan fingerprint density at radius 1 is 0.216 bits per heavy atom. The predicted octanol–water partition coefficient (Wildman–Crippen LogP) is 20.0. The van der Waals surface area contributed by atoms with Crippen LogP contribution in [0.2, 0.25) is 0 Å². The smallest absolute Gasteiger partial charge is 0.0541 e. The average molecular weight is 941 g/mol. The molecular weight excluding hydrogens is 893 g/mol. The first-order valence-corrected chi connectivity index (χ1v) is 25.5. The van der Waals surface area contributed by atoms with Crippen molar-refractivity contribution in [2.24, 2.45) is 0 Å². The summed E-state index contributed by atoms with van der Waals surface area (Å²) in [6, 6.07) is 106. The Morgan fingerprint density at radius 2 is 0.676 bits per heavy atom. The fraction of sp³-hybridized carbons (Fsp3) is 0. The van der Waals surface area contributed by atoms with Crippen LogP contribution in [0, 0.1) is 0 Å². The Labute approximate surface area is 430 Å². The van der Waals surface area contributed by atoms with Crippen molar-refractivity contribution in [2.75, 3.05) is 4.90 Å². The molecule has 0 saturated heterocycles. The van der Waals surface area contributed by atoms with Crippen molar-refractivity contribution in [3.8, 4) is 61.3 Å². The summed E-state index contributed by atoms with van der Waals surface area (Å²) in [5.74, 6) is 0. The molecule has 0 saturated carbocycles. The first kappa shape index (κ1) is 43.1. The zero-order chi connectivity index (χ0) is 49.0. The monoisotopic (exact) mass is 940 g/mol. The van der Waals surface area contributed by atoms with Gasteiger partial charge in [-0.1, -0.05) is 212 Å². The molecule has 0 fully saturated rings. The van der Waals surface area contributed by atoms with Gasteiger partial charge in [-0.2, -0.15) is 0 Å². The van der Waals surface area contributed by atoms with Crippen LogP contribution in [0.5, 0.6) is 0 Å². The molecule has 0 bridgehead atoms. The highest BCUT2D eigenvalue weighted by molar-refractivity contribution is 6.22. The van der Waals surface area contributed by atoms with Crippen molar-refractivity contribution < 1.29 is 0 Å². The molecule has 0 spiro atoms. The van der Waals surface area contributed by atoms with E-state index in [-0.39, 0.29) is 0 Å². The number of nitrogens with zero attached hydrogens (tertiary/aromatic N) is 2. The van der Waals surface area contributed by atoms with Crippen LogP contribution in [0.4, 0.5) is 17.1 Å². The fourth-order valence-electron chi connectivity index (χ4n) is 11.4. The minimum absolute atomic E-state index is 1.08. The number of rotatable bonds is 9. The van der Waals surface area contributed by atoms with E-state index in [1.165, 1.54) is 104 Å². The molecule has 0 aliphatic rings. The number of aromatic nitrogens is 1. The van der Waals surface area contributed by atoms with E-state index in [2.05, 4.69) is 301 Å². The van der Waals surface area contributed by atoms with E-state index in [1.54, 1.807) is 0 Å². The Balaban J connectivity index is 0.881. The first-order valence-electron chi connectivity index (χ1n) is 25.5. The van der Waals surface area contributed by atoms with Gasteiger partial charge in [-0.3, -0.25) is 0 Å². The molecule has 2 heteroatoms. The number of hydrogen-bond acceptors (Lipinski definition) is 1. The van der Waals surface area contributed by atoms with Crippen LogP contribution < -0.4 is 4.90 Å². The van der Waals surface area contributed by atoms with Gasteiger partial charge in [0.15, 0.2) is 0 Å². The quantitative estimate of drug-likeness (QED) is 0.131. The largest absolute Gasteiger partial charge is 0.310 e. The summed E-state index contributed by atoms with van der Waals surface area (Å²) < 4.78 is 2.37. The third-order valence-electron chi connectivity index (χ3n) is 14.9. The van der Waals surface area contributed by atoms with E-state index in [0.29, 0.717) is 0 Å². The summed E-state index contributed by atoms with van der Waals surface area (Å²) in [5.41, 5.74) is 18.8. The maximum absolute atomic E-state index is 2.41. The number of benzene rings is 13. The second kappa shape index (κ2) is 18.1. The molecule has 0 unspecified atom stereocenters. The van der Waals surface area contributed by atoms with Crippen molar-refractivity contribution in [3.63, 3.8) is 0 Å². The van der Waals surface area contributed by atoms with Crippen LogP contribution >= 0.6 is 0 Å². The molecule has 14 rings (SSSR count). The van der Waals surface area contributed by atoms with Gasteiger partial charge in [0.2, 0.25) is 0 Å². The summed E-state index contributed by atoms with van der Waals surface area (Å²) in [6.45, 7) is 0. The first-order chi connectivity index (χ1) is 36.7. The zero-order valence-electron chi connectivity index (χ0n) is 40.6. The molecule has 0 aliphatic heterocycles. The van der Waals surface area contributed by atoms with Gasteiger partial charge < -0.3 is 9.47 Å². The summed E-state index contributed by atoms with van der Waals surface area (Å²) in [4.78, 5) is 2.39. The van der Waals surface area contributed by atoms with E-state index < -0.39 is 0 Å². The second-order valence-corrected chi connectivity index (χ2v) is 19.2. The molecule has 14 aromatic rings. The lowest BCUT2D eigenvalue weighted by Gasteiger charge is -2.26. The maximum atomic E-state index is 2.41. The lowest BCUT2D eigenvalue weighted by molar-refractivity contribution is 1.18. The summed E-state index contributed by atoms with van der Waals surface area (Å²) in [6.07, 6.45) is 0. The molecule has 346 valence electrons. The van der Waals surface area contributed by atoms with Crippen molar-refractivity contribution in [1.82, 2.24) is 4.57 Å². The minimum atomic E-state index is 1.08. The number of anilines is 3. The summed E-state index contributed by atoms with van der Waals surface area (Å²) in [7, 11) is 0. The van der Waals surface area contributed by atoms with Gasteiger partial charge in [0.25, 0.3) is 0 Å². The SMILES string of the molecule is c1ccc(-c2c(-c3ccccc3)c3cc(-c4ccc(N(c5ccc(-c6ccc7c(c6)c6ccccc6n7-c6ccccc6)cc5)c5cccc(-c6ccc7ccccc7c6)c5)cc4)ccc3c3ccccc23)cc1. The van der Waals surface area contributed by atoms with Gasteiger partial charge in [-0.25, -0.2) is 0 Å². The molecule has 2 nitrogen and oxygen atoms in total. The van der Waals surface area contributed by atoms with E-state index in [4.69, 9.17) is 0 Å². The van der Waals surface area contributed by atoms with Crippen LogP contribution in [-0.4, -0.2) is 4.57 Å². The summed E-state index contributed by atoms with van der Waals surface area (Å²) >= 11 is 0. The van der Waals surface area contributed by atoms with E-state index in [1.807, 2.05) is 0 Å². The van der Waals surface area contributed by atoms with Gasteiger partial charge in [0, 0.05) is 33.5 Å². The molecule has 74 heavy (non-hydrogen) atoms. The molecule has 0 amide bonds. The topological polar surface area (TPSA) is 8.17 Å². The van der Waals surface area contributed by atoms with Crippen LogP contribution in [0.25, 0.3) is 115 Å². The Kier molecular flexibility index (Phi) is 10.6. The molecule has 0 N–H and O–H groups in total. The third kappa shape index (κ3) is 7.52. The third-order valence-corrected chi connectivity index (χ3v) is 14.9. The predicted molar refractivity (Wildman–Crippen MR) is 315 cm³/mol. The van der Waals surface area contributed by atoms with Gasteiger partial charge in [0.1, 0.15) is 0 Å². The van der Waals surface area contributed by atoms with Crippen LogP contribution in [0.1, 0.15) is 0 Å². The van der Waals surface area contributed by atoms with Gasteiger partial charge in [-0.05, 0) is 167 Å². The maximum Gasteiger partial charge on any atom is 0.0541 e. The van der Waals surface area contributed by atoms with E-state index in [9.17, 15) is 0 Å². The van der Waals surface area contributed by atoms with E-state index >= 15 is 0 Å². The molecular formula is C72H48N2. The van der Waals surface area contributed by atoms with Crippen LogP contribution in [-0.2, 0) is 0 Å². The average Bonchev–Trinajstić information content (AvgIpc) is 3.81. The lowest BCUT2D eigenvalue weighted by atomic mass is 9.84. The van der Waals surface area contributed by atoms with Gasteiger partial charge in [-0.15, -0.1) is 0 Å². The number of para-hydroxylation sites is 2. The molecule has 1 aromatic heterocycles. The highest BCUT2D eigenvalue weighted by atomic mass is 15.1. The van der Waals surface area contributed by atoms with Crippen molar-refractivity contribution in [2.45, 2.75) is 0 Å². The molecule has 1 heterocycles. The molecule has 0 aliphatic carbocycles. The zero-order valence-corrected chi connectivity index (χ0v) is 40.6. The molecule has 0 radical (unpaired) electrons. The van der Waals surface area contributed by atoms with Crippen LogP contribution in [0.15, 0.2) is 291 Å². The Hall–Kier alpha value is -9.76. The fourth-order valence-corrected chi connectivity index (χ4v) is 11.4. The van der Waals surface area contributed by atoms with Crippen molar-refractivity contribution in [3.05, 3.63) is 291 Å². The van der Waals surface area contributed by atoms with Crippen molar-refractivity contribution in [1.29, 1.82) is 0 Å². The Morgan fingerprint density at radius 3 is 1.36 bits per heavy atom. The highest BCUT2D eigenvalue weighted by Crippen LogP contribution is 2.46. The van der Waals surface area contributed by atoms with Crippen molar-refractivity contribution >= 4 is 71.2 Å². The standard InChI is InChI=1S/C72H48N2/c1-4-18-52(19-5-1)71-66-29-13-12-27-63(66)64-43-37-57(48-68(64)72(71)53-20-6-2-7-21-53)50-33-39-60(40-34-50)73(62-26-16-23-55(46-62)56-32-31-49-17-10-11-22-54(49)45-56)61-41-35-51(36-42-61)58-38-44-70-67(47-58)65-28-14-15-30-69(65)74(70)59-24-8-3-9-25-59/h1-48H. The van der Waals surface area contributed by atoms with Gasteiger partial charge >= 0.3 is 0 Å². The van der Waals surface area contributed by atoms with E-state index in [0.717, 1.165) is 28.3 Å². The molecule has 13 aromatic carbocycles. The second-order valence-electron chi connectivity index (χ2n) is 19.2. The number of hydrogen-bond donors (Lipinski definition) is 0. The minimum Gasteiger partial charge on any atom is -0.310 e. The van der Waals surface area contributed by atoms with Gasteiger partial charge in [0.05, 0.1) is 11.0 Å². The Bertz CT molecular complexity index is 4380. The molecule has 0 atom stereocenters. The normalized spacial score (nSPS) is 11.5. The number of fused-ring (bicyclic) bond motifs is 7. The highest BCUT2D eigenvalue weighted by Gasteiger charge is 2.20. The van der Waals surface area contributed by atoms with Crippen LogP contribution in [0.3, 0.4) is 0 Å².